The molecule has 3 saturated carbocycles. The van der Waals surface area contributed by atoms with Gasteiger partial charge >= 0.3 is 0 Å². The molecule has 4 fully saturated rings. The number of hydrogen-bond acceptors (Lipinski definition) is 5. The fourth-order valence-corrected chi connectivity index (χ4v) is 11.3. The van der Waals surface area contributed by atoms with E-state index in [1.54, 1.807) is 0 Å². The lowest BCUT2D eigenvalue weighted by Crippen LogP contribution is -2.33. The Bertz CT molecular complexity index is 392. The second-order valence-electron chi connectivity index (χ2n) is 8.31. The molecule has 0 spiro atoms. The lowest BCUT2D eigenvalue weighted by Gasteiger charge is -2.35. The maximum atomic E-state index is 2.40. The smallest absolute Gasteiger partial charge is 0.0260 e. The molecule has 4 rings (SSSR count). The maximum Gasteiger partial charge on any atom is 0.0260 e. The van der Waals surface area contributed by atoms with Crippen LogP contribution in [0.2, 0.25) is 0 Å². The molecule has 0 nitrogen and oxygen atoms in total. The van der Waals surface area contributed by atoms with Gasteiger partial charge in [0.25, 0.3) is 0 Å². The van der Waals surface area contributed by atoms with Crippen molar-refractivity contribution in [2.24, 2.45) is 11.8 Å². The highest BCUT2D eigenvalue weighted by Gasteiger charge is 2.32. The minimum absolute atomic E-state index is 0.931. The van der Waals surface area contributed by atoms with Gasteiger partial charge in [0.1, 0.15) is 0 Å². The van der Waals surface area contributed by atoms with Crippen LogP contribution in [0.15, 0.2) is 0 Å². The molecule has 4 aliphatic rings. The fourth-order valence-electron chi connectivity index (χ4n) is 3.25. The SMILES string of the molecule is C(CC1SCC(CCSC2CC2)SC1CSCC1CC1)SCC1CC1. The van der Waals surface area contributed by atoms with Crippen LogP contribution in [0.3, 0.4) is 0 Å². The van der Waals surface area contributed by atoms with Crippen LogP contribution < -0.4 is 0 Å². The molecule has 0 bridgehead atoms. The number of rotatable bonds is 13. The molecule has 5 heteroatoms. The van der Waals surface area contributed by atoms with Gasteiger partial charge in [-0.3, -0.25) is 0 Å². The second kappa shape index (κ2) is 10.5. The summed E-state index contributed by atoms with van der Waals surface area (Å²) in [6.45, 7) is 0. The lowest BCUT2D eigenvalue weighted by molar-refractivity contribution is 0.789. The van der Waals surface area contributed by atoms with E-state index in [0.717, 1.165) is 32.8 Å². The standard InChI is InChI=1S/C20H34S5/c1-2-15(1)11-21-9-8-19-20(14-22-12-16-3-4-16)25-18(13-24-19)7-10-23-17-5-6-17/h15-20H,1-14H2. The van der Waals surface area contributed by atoms with Crippen LogP contribution in [-0.2, 0) is 0 Å². The van der Waals surface area contributed by atoms with Crippen LogP contribution in [0.25, 0.3) is 0 Å². The summed E-state index contributed by atoms with van der Waals surface area (Å²) in [5.74, 6) is 10.8. The van der Waals surface area contributed by atoms with Crippen molar-refractivity contribution in [2.75, 3.05) is 34.5 Å². The van der Waals surface area contributed by atoms with Crippen molar-refractivity contribution in [1.29, 1.82) is 0 Å². The summed E-state index contributed by atoms with van der Waals surface area (Å²) in [5, 5.41) is 3.86. The van der Waals surface area contributed by atoms with E-state index < -0.39 is 0 Å². The van der Waals surface area contributed by atoms with Crippen LogP contribution in [-0.4, -0.2) is 55.5 Å². The van der Waals surface area contributed by atoms with Gasteiger partial charge in [-0.05, 0) is 86.2 Å². The highest BCUT2D eigenvalue weighted by atomic mass is 32.2. The number of hydrogen-bond donors (Lipinski definition) is 0. The molecule has 0 N–H and O–H groups in total. The minimum atomic E-state index is 0.931. The van der Waals surface area contributed by atoms with Gasteiger partial charge in [-0.15, -0.1) is 0 Å². The molecule has 0 aromatic rings. The Hall–Kier alpha value is 1.75. The molecule has 3 atom stereocenters. The second-order valence-corrected chi connectivity index (χ2v) is 14.8. The van der Waals surface area contributed by atoms with Gasteiger partial charge < -0.3 is 0 Å². The van der Waals surface area contributed by atoms with Gasteiger partial charge in [-0.1, -0.05) is 0 Å². The highest BCUT2D eigenvalue weighted by molar-refractivity contribution is 8.08. The Morgan fingerprint density at radius 2 is 1.48 bits per heavy atom. The summed E-state index contributed by atoms with van der Waals surface area (Å²) in [4.78, 5) is 0. The van der Waals surface area contributed by atoms with Crippen LogP contribution in [0.5, 0.6) is 0 Å². The first-order valence-corrected chi connectivity index (χ1v) is 15.8. The third kappa shape index (κ3) is 7.95. The molecule has 0 radical (unpaired) electrons. The molecule has 1 saturated heterocycles. The first-order valence-electron chi connectivity index (χ1n) is 10.4. The fraction of sp³-hybridized carbons (Fsp3) is 1.00. The van der Waals surface area contributed by atoms with E-state index in [1.807, 2.05) is 0 Å². The number of thioether (sulfide) groups is 5. The van der Waals surface area contributed by atoms with Crippen molar-refractivity contribution in [3.63, 3.8) is 0 Å². The van der Waals surface area contributed by atoms with Crippen LogP contribution >= 0.6 is 58.8 Å². The van der Waals surface area contributed by atoms with E-state index in [-0.39, 0.29) is 0 Å². The Balaban J connectivity index is 1.16. The molecule has 0 aromatic heterocycles. The molecule has 0 amide bonds. The van der Waals surface area contributed by atoms with E-state index in [2.05, 4.69) is 58.8 Å². The quantitative estimate of drug-likeness (QED) is 0.301. The first kappa shape index (κ1) is 20.0. The molecular weight excluding hydrogens is 401 g/mol. The molecule has 1 aliphatic heterocycles. The Morgan fingerprint density at radius 1 is 0.720 bits per heavy atom. The Morgan fingerprint density at radius 3 is 2.20 bits per heavy atom. The molecule has 3 unspecified atom stereocenters. The maximum absolute atomic E-state index is 2.40. The zero-order valence-corrected chi connectivity index (χ0v) is 19.5. The van der Waals surface area contributed by atoms with E-state index in [4.69, 9.17) is 0 Å². The van der Waals surface area contributed by atoms with Gasteiger partial charge in [0.2, 0.25) is 0 Å². The summed E-state index contributed by atoms with van der Waals surface area (Å²) in [7, 11) is 0. The zero-order chi connectivity index (χ0) is 16.9. The van der Waals surface area contributed by atoms with Crippen molar-refractivity contribution in [3.8, 4) is 0 Å². The lowest BCUT2D eigenvalue weighted by atomic mass is 10.2. The van der Waals surface area contributed by atoms with Crippen molar-refractivity contribution in [1.82, 2.24) is 0 Å². The van der Waals surface area contributed by atoms with Crippen molar-refractivity contribution >= 4 is 58.8 Å². The van der Waals surface area contributed by atoms with Gasteiger partial charge in [-0.25, -0.2) is 0 Å². The van der Waals surface area contributed by atoms with E-state index in [9.17, 15) is 0 Å². The summed E-state index contributed by atoms with van der Waals surface area (Å²) in [6.07, 6.45) is 12.0. The highest BCUT2D eigenvalue weighted by Crippen LogP contribution is 2.43. The third-order valence-corrected chi connectivity index (χ3v) is 13.3. The zero-order valence-electron chi connectivity index (χ0n) is 15.4. The van der Waals surface area contributed by atoms with Crippen molar-refractivity contribution in [3.05, 3.63) is 0 Å². The molecule has 1 heterocycles. The third-order valence-electron chi connectivity index (χ3n) is 5.53. The first-order chi connectivity index (χ1) is 12.4. The van der Waals surface area contributed by atoms with Gasteiger partial charge in [-0.2, -0.15) is 58.8 Å². The van der Waals surface area contributed by atoms with Gasteiger partial charge in [0.05, 0.1) is 0 Å². The molecule has 0 aromatic carbocycles. The summed E-state index contributed by atoms with van der Waals surface area (Å²) in [5.41, 5.74) is 0. The monoisotopic (exact) mass is 434 g/mol. The average Bonchev–Trinajstić information content (AvgIpc) is 3.46. The normalized spacial score (nSPS) is 32.9. The Labute approximate surface area is 176 Å². The molecular formula is C20H34S5. The Kier molecular flexibility index (Phi) is 8.42. The van der Waals surface area contributed by atoms with Gasteiger partial charge in [0.15, 0.2) is 0 Å². The molecule has 3 aliphatic carbocycles. The summed E-state index contributed by atoms with van der Waals surface area (Å²) in [6, 6.07) is 0. The summed E-state index contributed by atoms with van der Waals surface area (Å²) < 4.78 is 0. The van der Waals surface area contributed by atoms with Crippen LogP contribution in [0.4, 0.5) is 0 Å². The summed E-state index contributed by atoms with van der Waals surface area (Å²) >= 11 is 11.5. The van der Waals surface area contributed by atoms with Crippen molar-refractivity contribution < 1.29 is 0 Å². The van der Waals surface area contributed by atoms with E-state index >= 15 is 0 Å². The van der Waals surface area contributed by atoms with Crippen LogP contribution in [0, 0.1) is 11.8 Å². The molecule has 25 heavy (non-hydrogen) atoms. The topological polar surface area (TPSA) is 0 Å². The van der Waals surface area contributed by atoms with E-state index in [0.29, 0.717) is 0 Å². The van der Waals surface area contributed by atoms with Crippen LogP contribution in [0.1, 0.15) is 51.4 Å². The minimum Gasteiger partial charge on any atom is -0.162 e. The predicted molar refractivity (Wildman–Crippen MR) is 126 cm³/mol. The molecule has 144 valence electrons. The van der Waals surface area contributed by atoms with Gasteiger partial charge in [0, 0.05) is 32.5 Å². The largest absolute Gasteiger partial charge is 0.162 e. The average molecular weight is 435 g/mol. The van der Waals surface area contributed by atoms with Crippen molar-refractivity contribution in [2.45, 2.75) is 72.4 Å². The van der Waals surface area contributed by atoms with E-state index in [1.165, 1.54) is 85.9 Å². The predicted octanol–water partition coefficient (Wildman–Crippen LogP) is 6.53.